The van der Waals surface area contributed by atoms with Gasteiger partial charge in [0.25, 0.3) is 11.8 Å². The lowest BCUT2D eigenvalue weighted by atomic mass is 9.89. The van der Waals surface area contributed by atoms with Crippen molar-refractivity contribution in [3.8, 4) is 0 Å². The van der Waals surface area contributed by atoms with Gasteiger partial charge in [-0.05, 0) is 49.0 Å². The molecular formula is C47H74N6O8S. The second-order valence-electron chi connectivity index (χ2n) is 17.7. The number of rotatable bonds is 25. The van der Waals surface area contributed by atoms with Crippen LogP contribution in [0.2, 0.25) is 0 Å². The average molecular weight is 883 g/mol. The molecule has 62 heavy (non-hydrogen) atoms. The van der Waals surface area contributed by atoms with Crippen molar-refractivity contribution < 1.29 is 38.2 Å². The lowest BCUT2D eigenvalue weighted by molar-refractivity contribution is -0.148. The van der Waals surface area contributed by atoms with E-state index in [1.165, 1.54) is 22.0 Å². The first kappa shape index (κ1) is 52.1. The van der Waals surface area contributed by atoms with E-state index < -0.39 is 30.1 Å². The predicted molar refractivity (Wildman–Crippen MR) is 244 cm³/mol. The number of imide groups is 1. The van der Waals surface area contributed by atoms with Crippen LogP contribution in [0.25, 0.3) is 0 Å². The van der Waals surface area contributed by atoms with Crippen LogP contribution in [-0.2, 0) is 44.8 Å². The van der Waals surface area contributed by atoms with E-state index in [0.717, 1.165) is 18.4 Å². The van der Waals surface area contributed by atoms with Gasteiger partial charge in [0.1, 0.15) is 12.1 Å². The molecule has 1 saturated heterocycles. The van der Waals surface area contributed by atoms with Crippen molar-refractivity contribution in [3.05, 3.63) is 48.0 Å². The maximum absolute atomic E-state index is 14.5. The van der Waals surface area contributed by atoms with Crippen LogP contribution in [0.3, 0.4) is 0 Å². The second kappa shape index (κ2) is 25.2. The molecule has 346 valence electrons. The minimum Gasteiger partial charge on any atom is -0.379 e. The summed E-state index contributed by atoms with van der Waals surface area (Å²) in [5.41, 5.74) is 1.12. The number of nitrogens with one attached hydrogen (secondary N) is 2. The van der Waals surface area contributed by atoms with E-state index in [2.05, 4.69) is 10.6 Å². The molecule has 0 aromatic heterocycles. The van der Waals surface area contributed by atoms with E-state index in [1.54, 1.807) is 33.2 Å². The molecule has 14 nitrogen and oxygen atoms in total. The van der Waals surface area contributed by atoms with Gasteiger partial charge in [-0.3, -0.25) is 33.7 Å². The molecule has 0 aliphatic carbocycles. The van der Waals surface area contributed by atoms with Crippen LogP contribution in [0.4, 0.5) is 0 Å². The maximum atomic E-state index is 14.5. The molecule has 6 amide bonds. The highest BCUT2D eigenvalue weighted by Gasteiger charge is 2.43. The number of carbonyl (C=O) groups is 6. The van der Waals surface area contributed by atoms with Crippen molar-refractivity contribution in [2.75, 3.05) is 41.4 Å². The number of methoxy groups -OCH3 is 2. The summed E-state index contributed by atoms with van der Waals surface area (Å²) in [4.78, 5) is 86.8. The van der Waals surface area contributed by atoms with Crippen molar-refractivity contribution in [1.29, 1.82) is 0 Å². The van der Waals surface area contributed by atoms with Crippen molar-refractivity contribution in [3.63, 3.8) is 0 Å². The average Bonchev–Trinajstić information content (AvgIpc) is 3.86. The minimum absolute atomic E-state index is 0.0495. The summed E-state index contributed by atoms with van der Waals surface area (Å²) >= 11 is 5.82. The van der Waals surface area contributed by atoms with Crippen LogP contribution in [0.15, 0.2) is 42.5 Å². The number of likely N-dealkylation sites (N-methyl/N-ethyl adjacent to an activating group) is 2. The Labute approximate surface area is 375 Å². The molecule has 3 unspecified atom stereocenters. The fourth-order valence-corrected chi connectivity index (χ4v) is 9.06. The van der Waals surface area contributed by atoms with Crippen LogP contribution in [0.5, 0.6) is 0 Å². The molecule has 0 bridgehead atoms. The summed E-state index contributed by atoms with van der Waals surface area (Å²) in [7, 11) is 6.55. The lowest BCUT2D eigenvalue weighted by Crippen LogP contribution is -2.60. The Hall–Kier alpha value is -4.21. The number of thiocarbonyl (C=S) groups is 1. The van der Waals surface area contributed by atoms with E-state index in [-0.39, 0.29) is 78.2 Å². The fourth-order valence-electron chi connectivity index (χ4n) is 8.86. The number of hydrogen-bond acceptors (Lipinski definition) is 9. The molecule has 2 aliphatic rings. The first-order valence-electron chi connectivity index (χ1n) is 22.4. The standard InChI is InChI=1S/C47H74N6O8S/c1-12-32(6)43(36(60-10)28-40(57)52-27-19-22-35(52)44(61-11)33(7)46(62)48-29-34-20-15-13-16-21-34)51(9)47(59)41(30(2)3)49-45(58)42(31(4)5)50(8)37(54)23-17-14-18-26-53-38(55)24-25-39(53)56/h13,15-16,20-21,24-25,30-33,35-36,41-44H,12,14,17-19,22-23,26-29H2,1-11H3,(H,48,62)(H,49,58)/t32-,33+,35-,36+,41-,42?,43?,44?/m0/s1. The summed E-state index contributed by atoms with van der Waals surface area (Å²) in [6.07, 6.45) is 5.84. The van der Waals surface area contributed by atoms with E-state index in [9.17, 15) is 28.8 Å². The third kappa shape index (κ3) is 13.9. The number of unbranched alkanes of at least 4 members (excludes halogenated alkanes) is 2. The molecule has 3 rings (SSSR count). The zero-order chi connectivity index (χ0) is 46.3. The molecule has 1 aromatic rings. The van der Waals surface area contributed by atoms with Crippen molar-refractivity contribution in [2.24, 2.45) is 23.7 Å². The first-order valence-corrected chi connectivity index (χ1v) is 22.8. The SMILES string of the molecule is CC[C@H](C)C([C@@H](CC(=O)N1CCC[C@H]1C(OC)[C@@H](C)C(=S)NCc1ccccc1)OC)N(C)C(=O)[C@@H](NC(=O)C(C(C)C)N(C)C(=O)CCCCCN1C(=O)C=CC1=O)C(C)C. The van der Waals surface area contributed by atoms with Gasteiger partial charge in [0.05, 0.1) is 35.7 Å². The van der Waals surface area contributed by atoms with Gasteiger partial charge >= 0.3 is 0 Å². The molecular weight excluding hydrogens is 809 g/mol. The summed E-state index contributed by atoms with van der Waals surface area (Å²) in [5, 5.41) is 6.38. The smallest absolute Gasteiger partial charge is 0.253 e. The van der Waals surface area contributed by atoms with Gasteiger partial charge in [0, 0.05) is 72.4 Å². The highest BCUT2D eigenvalue weighted by Crippen LogP contribution is 2.30. The van der Waals surface area contributed by atoms with Crippen molar-refractivity contribution in [2.45, 2.75) is 143 Å². The normalized spacial score (nSPS) is 18.6. The van der Waals surface area contributed by atoms with Gasteiger partial charge in [-0.25, -0.2) is 0 Å². The summed E-state index contributed by atoms with van der Waals surface area (Å²) in [5.74, 6) is -2.43. The van der Waals surface area contributed by atoms with E-state index in [0.29, 0.717) is 50.3 Å². The molecule has 1 fully saturated rings. The topological polar surface area (TPSA) is 158 Å². The number of nitrogens with zero attached hydrogens (tertiary/aromatic N) is 4. The van der Waals surface area contributed by atoms with Crippen molar-refractivity contribution in [1.82, 2.24) is 30.2 Å². The molecule has 2 heterocycles. The van der Waals surface area contributed by atoms with Crippen LogP contribution >= 0.6 is 12.2 Å². The Balaban J connectivity index is 1.69. The van der Waals surface area contributed by atoms with Gasteiger partial charge in [-0.15, -0.1) is 0 Å². The molecule has 0 radical (unpaired) electrons. The Morgan fingerprint density at radius 2 is 1.53 bits per heavy atom. The van der Waals surface area contributed by atoms with Crippen LogP contribution in [-0.4, -0.2) is 138 Å². The van der Waals surface area contributed by atoms with Gasteiger partial charge < -0.3 is 34.8 Å². The number of benzene rings is 1. The van der Waals surface area contributed by atoms with Crippen LogP contribution in [0.1, 0.15) is 105 Å². The second-order valence-corrected chi connectivity index (χ2v) is 18.1. The number of ether oxygens (including phenoxy) is 2. The number of hydrogen-bond donors (Lipinski definition) is 2. The zero-order valence-electron chi connectivity index (χ0n) is 39.1. The highest BCUT2D eigenvalue weighted by atomic mass is 32.1. The molecule has 0 spiro atoms. The van der Waals surface area contributed by atoms with Crippen LogP contribution < -0.4 is 10.6 Å². The zero-order valence-corrected chi connectivity index (χ0v) is 39.9. The highest BCUT2D eigenvalue weighted by molar-refractivity contribution is 7.80. The van der Waals surface area contributed by atoms with Crippen LogP contribution in [0, 0.1) is 23.7 Å². The number of carbonyl (C=O) groups excluding carboxylic acids is 6. The molecule has 1 aromatic carbocycles. The summed E-state index contributed by atoms with van der Waals surface area (Å²) in [6, 6.07) is 7.62. The fraction of sp³-hybridized carbons (Fsp3) is 0.681. The molecule has 0 saturated carbocycles. The van der Waals surface area contributed by atoms with Gasteiger partial charge in [0.15, 0.2) is 0 Å². The van der Waals surface area contributed by atoms with E-state index in [4.69, 9.17) is 21.7 Å². The Bertz CT molecular complexity index is 1690. The minimum atomic E-state index is -0.909. The molecule has 2 N–H and O–H groups in total. The molecule has 15 heteroatoms. The molecule has 8 atom stereocenters. The van der Waals surface area contributed by atoms with Gasteiger partial charge in [-0.1, -0.05) is 104 Å². The van der Waals surface area contributed by atoms with Gasteiger partial charge in [0.2, 0.25) is 23.6 Å². The van der Waals surface area contributed by atoms with E-state index >= 15 is 0 Å². The maximum Gasteiger partial charge on any atom is 0.253 e. The summed E-state index contributed by atoms with van der Waals surface area (Å²) in [6.45, 7) is 15.0. The van der Waals surface area contributed by atoms with E-state index in [1.807, 2.05) is 83.7 Å². The monoisotopic (exact) mass is 883 g/mol. The number of likely N-dealkylation sites (tertiary alicyclic amines) is 1. The third-order valence-corrected chi connectivity index (χ3v) is 13.2. The van der Waals surface area contributed by atoms with Gasteiger partial charge in [-0.2, -0.15) is 0 Å². The third-order valence-electron chi connectivity index (χ3n) is 12.7. The Morgan fingerprint density at radius 1 is 0.887 bits per heavy atom. The lowest BCUT2D eigenvalue weighted by Gasteiger charge is -2.41. The quantitative estimate of drug-likeness (QED) is 0.0767. The number of amides is 6. The predicted octanol–water partition coefficient (Wildman–Crippen LogP) is 5.13. The van der Waals surface area contributed by atoms with Crippen molar-refractivity contribution >= 4 is 52.6 Å². The Kier molecular flexibility index (Phi) is 21.2. The Morgan fingerprint density at radius 3 is 2.10 bits per heavy atom. The largest absolute Gasteiger partial charge is 0.379 e. The molecule has 2 aliphatic heterocycles. The summed E-state index contributed by atoms with van der Waals surface area (Å²) < 4.78 is 12.1. The first-order chi connectivity index (χ1) is 29.4.